The maximum atomic E-state index is 11.7. The highest BCUT2D eigenvalue weighted by atomic mass is 16.1. The summed E-state index contributed by atoms with van der Waals surface area (Å²) >= 11 is 0. The fourth-order valence-electron chi connectivity index (χ4n) is 2.15. The maximum absolute atomic E-state index is 11.7. The molecule has 1 heterocycles. The zero-order valence-electron chi connectivity index (χ0n) is 10.3. The predicted octanol–water partition coefficient (Wildman–Crippen LogP) is 1.89. The van der Waals surface area contributed by atoms with Crippen LogP contribution >= 0.6 is 0 Å². The molecule has 1 unspecified atom stereocenters. The molecule has 1 aromatic rings. The Morgan fingerprint density at radius 3 is 2.83 bits per heavy atom. The van der Waals surface area contributed by atoms with Crippen LogP contribution in [0.3, 0.4) is 0 Å². The van der Waals surface area contributed by atoms with Crippen LogP contribution in [0.4, 0.5) is 5.69 Å². The van der Waals surface area contributed by atoms with Crippen molar-refractivity contribution in [2.24, 2.45) is 5.92 Å². The van der Waals surface area contributed by atoms with Crippen LogP contribution in [0.2, 0.25) is 0 Å². The minimum atomic E-state index is 0.0478. The quantitative estimate of drug-likeness (QED) is 0.848. The van der Waals surface area contributed by atoms with Crippen LogP contribution in [0.5, 0.6) is 0 Å². The van der Waals surface area contributed by atoms with Crippen molar-refractivity contribution in [1.29, 1.82) is 5.26 Å². The average Bonchev–Trinajstić information content (AvgIpc) is 2.90. The van der Waals surface area contributed by atoms with Crippen molar-refractivity contribution in [1.82, 2.24) is 5.32 Å². The Labute approximate surface area is 107 Å². The van der Waals surface area contributed by atoms with E-state index in [1.807, 2.05) is 0 Å². The molecule has 0 aliphatic carbocycles. The number of nitrogens with zero attached hydrogens (tertiary/aromatic N) is 1. The second-order valence-corrected chi connectivity index (χ2v) is 4.63. The van der Waals surface area contributed by atoms with Crippen LogP contribution in [0.15, 0.2) is 24.3 Å². The van der Waals surface area contributed by atoms with Crippen LogP contribution in [-0.4, -0.2) is 19.0 Å². The number of hydrogen-bond donors (Lipinski definition) is 2. The second-order valence-electron chi connectivity index (χ2n) is 4.63. The number of carbonyl (C=O) groups is 1. The predicted molar refractivity (Wildman–Crippen MR) is 70.0 cm³/mol. The Bertz CT molecular complexity index is 441. The molecule has 1 aliphatic heterocycles. The number of carbonyl (C=O) groups excluding carboxylic acids is 1. The highest BCUT2D eigenvalue weighted by Crippen LogP contribution is 2.15. The largest absolute Gasteiger partial charge is 0.326 e. The zero-order chi connectivity index (χ0) is 12.8. The molecular formula is C14H17N3O. The summed E-state index contributed by atoms with van der Waals surface area (Å²) in [5.74, 6) is 0.684. The molecule has 0 bridgehead atoms. The molecule has 0 spiro atoms. The normalized spacial score (nSPS) is 18.3. The van der Waals surface area contributed by atoms with E-state index < -0.39 is 0 Å². The van der Waals surface area contributed by atoms with E-state index in [0.717, 1.165) is 25.2 Å². The lowest BCUT2D eigenvalue weighted by atomic mass is 10.0. The minimum Gasteiger partial charge on any atom is -0.326 e. The van der Waals surface area contributed by atoms with E-state index in [-0.39, 0.29) is 5.91 Å². The number of nitriles is 1. The molecule has 0 saturated carbocycles. The van der Waals surface area contributed by atoms with Crippen molar-refractivity contribution in [2.45, 2.75) is 19.3 Å². The zero-order valence-corrected chi connectivity index (χ0v) is 10.3. The van der Waals surface area contributed by atoms with Crippen molar-refractivity contribution < 1.29 is 4.79 Å². The van der Waals surface area contributed by atoms with Crippen molar-refractivity contribution >= 4 is 11.6 Å². The summed E-state index contributed by atoms with van der Waals surface area (Å²) in [6.07, 6.45) is 2.67. The third-order valence-electron chi connectivity index (χ3n) is 3.24. The van der Waals surface area contributed by atoms with E-state index in [9.17, 15) is 4.79 Å². The van der Waals surface area contributed by atoms with E-state index >= 15 is 0 Å². The molecule has 1 aromatic carbocycles. The molecule has 2 N–H and O–H groups in total. The average molecular weight is 243 g/mol. The van der Waals surface area contributed by atoms with Gasteiger partial charge in [0.1, 0.15) is 0 Å². The Hall–Kier alpha value is -1.86. The van der Waals surface area contributed by atoms with E-state index in [4.69, 9.17) is 5.26 Å². The van der Waals surface area contributed by atoms with Crippen LogP contribution in [0.1, 0.15) is 24.8 Å². The molecule has 1 fully saturated rings. The van der Waals surface area contributed by atoms with E-state index in [1.54, 1.807) is 24.3 Å². The second kappa shape index (κ2) is 6.18. The third kappa shape index (κ3) is 3.57. The number of rotatable bonds is 4. The van der Waals surface area contributed by atoms with Gasteiger partial charge in [-0.3, -0.25) is 4.79 Å². The molecule has 0 radical (unpaired) electrons. The van der Waals surface area contributed by atoms with Gasteiger partial charge in [-0.15, -0.1) is 0 Å². The summed E-state index contributed by atoms with van der Waals surface area (Å²) in [5.41, 5.74) is 1.36. The summed E-state index contributed by atoms with van der Waals surface area (Å²) in [7, 11) is 0. The lowest BCUT2D eigenvalue weighted by Crippen LogP contribution is -2.14. The first-order valence-corrected chi connectivity index (χ1v) is 6.28. The minimum absolute atomic E-state index is 0.0478. The molecule has 2 rings (SSSR count). The number of anilines is 1. The van der Waals surface area contributed by atoms with Gasteiger partial charge in [-0.05, 0) is 56.1 Å². The monoisotopic (exact) mass is 243 g/mol. The Morgan fingerprint density at radius 2 is 2.22 bits per heavy atom. The Balaban J connectivity index is 1.77. The molecule has 4 heteroatoms. The first-order valence-electron chi connectivity index (χ1n) is 6.28. The van der Waals surface area contributed by atoms with Crippen molar-refractivity contribution in [3.05, 3.63) is 29.8 Å². The fraction of sp³-hybridized carbons (Fsp3) is 0.429. The van der Waals surface area contributed by atoms with Gasteiger partial charge in [0.15, 0.2) is 0 Å². The third-order valence-corrected chi connectivity index (χ3v) is 3.24. The van der Waals surface area contributed by atoms with Gasteiger partial charge in [-0.2, -0.15) is 5.26 Å². The first-order chi connectivity index (χ1) is 8.78. The topological polar surface area (TPSA) is 64.9 Å². The smallest absolute Gasteiger partial charge is 0.224 e. The first kappa shape index (κ1) is 12.6. The Morgan fingerprint density at radius 1 is 1.44 bits per heavy atom. The van der Waals surface area contributed by atoms with Gasteiger partial charge in [0.2, 0.25) is 5.91 Å². The summed E-state index contributed by atoms with van der Waals surface area (Å²) in [4.78, 5) is 11.7. The van der Waals surface area contributed by atoms with Crippen LogP contribution in [-0.2, 0) is 4.79 Å². The Kier molecular flexibility index (Phi) is 4.32. The molecule has 94 valence electrons. The summed E-state index contributed by atoms with van der Waals surface area (Å²) in [6, 6.07) is 8.97. The van der Waals surface area contributed by atoms with Gasteiger partial charge < -0.3 is 10.6 Å². The molecular weight excluding hydrogens is 226 g/mol. The van der Waals surface area contributed by atoms with Gasteiger partial charge in [-0.1, -0.05) is 0 Å². The number of benzene rings is 1. The molecule has 1 atom stereocenters. The van der Waals surface area contributed by atoms with Gasteiger partial charge in [0.25, 0.3) is 0 Å². The summed E-state index contributed by atoms with van der Waals surface area (Å²) in [6.45, 7) is 2.10. The number of amides is 1. The van der Waals surface area contributed by atoms with Crippen molar-refractivity contribution in [3.63, 3.8) is 0 Å². The SMILES string of the molecule is N#Cc1ccc(NC(=O)CCC2CCNC2)cc1. The van der Waals surface area contributed by atoms with Gasteiger partial charge in [0, 0.05) is 12.1 Å². The van der Waals surface area contributed by atoms with Gasteiger partial charge >= 0.3 is 0 Å². The van der Waals surface area contributed by atoms with Crippen molar-refractivity contribution in [3.8, 4) is 6.07 Å². The van der Waals surface area contributed by atoms with Gasteiger partial charge in [0.05, 0.1) is 11.6 Å². The lowest BCUT2D eigenvalue weighted by molar-refractivity contribution is -0.116. The fourth-order valence-corrected chi connectivity index (χ4v) is 2.15. The molecule has 0 aromatic heterocycles. The number of nitrogens with one attached hydrogen (secondary N) is 2. The highest BCUT2D eigenvalue weighted by Gasteiger charge is 2.15. The molecule has 1 aliphatic rings. The van der Waals surface area contributed by atoms with E-state index in [1.165, 1.54) is 6.42 Å². The molecule has 4 nitrogen and oxygen atoms in total. The lowest BCUT2D eigenvalue weighted by Gasteiger charge is -2.08. The van der Waals surface area contributed by atoms with Gasteiger partial charge in [-0.25, -0.2) is 0 Å². The standard InChI is InChI=1S/C14H17N3O/c15-9-11-1-4-13(5-2-11)17-14(18)6-3-12-7-8-16-10-12/h1-2,4-5,12,16H,3,6-8,10H2,(H,17,18). The molecule has 18 heavy (non-hydrogen) atoms. The summed E-state index contributed by atoms with van der Waals surface area (Å²) in [5, 5.41) is 14.8. The van der Waals surface area contributed by atoms with Crippen LogP contribution in [0.25, 0.3) is 0 Å². The van der Waals surface area contributed by atoms with Crippen LogP contribution < -0.4 is 10.6 Å². The molecule has 1 amide bonds. The molecule has 1 saturated heterocycles. The van der Waals surface area contributed by atoms with E-state index in [2.05, 4.69) is 16.7 Å². The highest BCUT2D eigenvalue weighted by molar-refractivity contribution is 5.90. The number of hydrogen-bond acceptors (Lipinski definition) is 3. The van der Waals surface area contributed by atoms with Crippen molar-refractivity contribution in [2.75, 3.05) is 18.4 Å². The summed E-state index contributed by atoms with van der Waals surface area (Å²) < 4.78 is 0. The van der Waals surface area contributed by atoms with E-state index in [0.29, 0.717) is 17.9 Å². The van der Waals surface area contributed by atoms with Crippen LogP contribution in [0, 0.1) is 17.2 Å². The maximum Gasteiger partial charge on any atom is 0.224 e.